The predicted octanol–water partition coefficient (Wildman–Crippen LogP) is 6.63. The second-order valence-electron chi connectivity index (χ2n) is 9.34. The molecule has 3 aromatic heterocycles. The van der Waals surface area contributed by atoms with Gasteiger partial charge >= 0.3 is 5.63 Å². The number of fused-ring (bicyclic) bond motifs is 4. The second-order valence-corrected chi connectivity index (χ2v) is 10.8. The van der Waals surface area contributed by atoms with Gasteiger partial charge in [-0.05, 0) is 61.4 Å². The quantitative estimate of drug-likeness (QED) is 0.148. The van der Waals surface area contributed by atoms with Crippen LogP contribution in [0, 0.1) is 13.8 Å². The van der Waals surface area contributed by atoms with Crippen molar-refractivity contribution >= 4 is 61.5 Å². The summed E-state index contributed by atoms with van der Waals surface area (Å²) in [5, 5.41) is 0.0485. The Bertz CT molecular complexity index is 1950. The molecule has 1 aliphatic rings. The van der Waals surface area contributed by atoms with E-state index in [0.717, 1.165) is 43.1 Å². The molecular formula is C29H20ClN3O3S. The molecule has 1 aliphatic heterocycles. The standard InChI is InChI=1S/C29H20ClN3O3S/c1-15-11-12-18(13-16(15)2)32-25(23(30)27(32)34)26-24(19-14-17-7-3-6-10-22(17)36-28(19)35)33-21-9-5-4-8-20(21)31-29(33)37-26/h3-14,23,25H,1-2H3. The molecule has 182 valence electrons. The van der Waals surface area contributed by atoms with Gasteiger partial charge in [0.15, 0.2) is 4.96 Å². The Balaban J connectivity index is 1.52. The molecule has 6 nitrogen and oxygen atoms in total. The molecule has 3 aromatic carbocycles. The predicted molar refractivity (Wildman–Crippen MR) is 148 cm³/mol. The van der Waals surface area contributed by atoms with Gasteiger partial charge in [-0.3, -0.25) is 9.20 Å². The molecule has 6 aromatic rings. The minimum atomic E-state index is -0.762. The molecule has 2 atom stereocenters. The number of carbonyl (C=O) groups is 1. The van der Waals surface area contributed by atoms with Crippen LogP contribution in [0.15, 0.2) is 82.0 Å². The van der Waals surface area contributed by atoms with Crippen LogP contribution in [0.4, 0.5) is 5.69 Å². The Morgan fingerprint density at radius 3 is 2.57 bits per heavy atom. The fourth-order valence-corrected chi connectivity index (χ4v) is 6.79. The van der Waals surface area contributed by atoms with Crippen LogP contribution in [0.25, 0.3) is 38.2 Å². The number of aryl methyl sites for hydroxylation is 2. The highest BCUT2D eigenvalue weighted by Gasteiger charge is 2.50. The average Bonchev–Trinajstić information content (AvgIpc) is 3.43. The van der Waals surface area contributed by atoms with Crippen molar-refractivity contribution < 1.29 is 9.21 Å². The van der Waals surface area contributed by atoms with Gasteiger partial charge < -0.3 is 9.32 Å². The summed E-state index contributed by atoms with van der Waals surface area (Å²) in [4.78, 5) is 34.6. The first-order chi connectivity index (χ1) is 17.9. The van der Waals surface area contributed by atoms with Gasteiger partial charge in [-0.25, -0.2) is 9.78 Å². The van der Waals surface area contributed by atoms with Crippen molar-refractivity contribution in [1.82, 2.24) is 9.38 Å². The Labute approximate surface area is 220 Å². The maximum atomic E-state index is 13.4. The first kappa shape index (κ1) is 22.3. The average molecular weight is 526 g/mol. The summed E-state index contributed by atoms with van der Waals surface area (Å²) >= 11 is 8.15. The van der Waals surface area contributed by atoms with Crippen LogP contribution in [-0.2, 0) is 4.79 Å². The molecule has 1 fully saturated rings. The van der Waals surface area contributed by atoms with E-state index in [9.17, 15) is 9.59 Å². The van der Waals surface area contributed by atoms with Crippen molar-refractivity contribution in [3.8, 4) is 11.3 Å². The van der Waals surface area contributed by atoms with Gasteiger partial charge in [0.1, 0.15) is 11.0 Å². The number of nitrogens with zero attached hydrogens (tertiary/aromatic N) is 3. The molecule has 0 spiro atoms. The molecule has 0 radical (unpaired) electrons. The van der Waals surface area contributed by atoms with Gasteiger partial charge in [0.05, 0.1) is 33.2 Å². The highest BCUT2D eigenvalue weighted by atomic mass is 35.5. The van der Waals surface area contributed by atoms with Crippen LogP contribution in [-0.4, -0.2) is 20.7 Å². The SMILES string of the molecule is Cc1ccc(N2C(=O)C(Cl)C2c2sc3nc4ccccc4n3c2-c2cc3ccccc3oc2=O)cc1C. The summed E-state index contributed by atoms with van der Waals surface area (Å²) in [7, 11) is 0. The minimum absolute atomic E-state index is 0.165. The summed E-state index contributed by atoms with van der Waals surface area (Å²) in [6.45, 7) is 4.06. The monoisotopic (exact) mass is 525 g/mol. The fourth-order valence-electron chi connectivity index (χ4n) is 5.09. The minimum Gasteiger partial charge on any atom is -0.422 e. The van der Waals surface area contributed by atoms with Crippen molar-refractivity contribution in [2.45, 2.75) is 25.3 Å². The smallest absolute Gasteiger partial charge is 0.345 e. The maximum absolute atomic E-state index is 13.4. The van der Waals surface area contributed by atoms with E-state index < -0.39 is 17.0 Å². The van der Waals surface area contributed by atoms with E-state index in [1.165, 1.54) is 11.3 Å². The number of aromatic nitrogens is 2. The Kier molecular flexibility index (Phi) is 4.83. The summed E-state index contributed by atoms with van der Waals surface area (Å²) < 4.78 is 7.72. The largest absolute Gasteiger partial charge is 0.422 e. The lowest BCUT2D eigenvalue weighted by molar-refractivity contribution is -0.123. The van der Waals surface area contributed by atoms with E-state index >= 15 is 0 Å². The molecule has 0 aliphatic carbocycles. The zero-order valence-electron chi connectivity index (χ0n) is 19.9. The van der Waals surface area contributed by atoms with Gasteiger partial charge in [-0.15, -0.1) is 11.6 Å². The zero-order valence-corrected chi connectivity index (χ0v) is 21.5. The van der Waals surface area contributed by atoms with Crippen LogP contribution in [0.3, 0.4) is 0 Å². The molecule has 0 N–H and O–H groups in total. The van der Waals surface area contributed by atoms with Crippen LogP contribution < -0.4 is 10.5 Å². The topological polar surface area (TPSA) is 67.8 Å². The van der Waals surface area contributed by atoms with E-state index in [1.807, 2.05) is 85.0 Å². The number of benzene rings is 3. The number of alkyl halides is 1. The van der Waals surface area contributed by atoms with Crippen molar-refractivity contribution in [3.05, 3.63) is 99.2 Å². The molecule has 0 bridgehead atoms. The number of halogens is 1. The van der Waals surface area contributed by atoms with E-state index in [2.05, 4.69) is 0 Å². The third-order valence-corrected chi connectivity index (χ3v) is 8.69. The molecule has 7 rings (SSSR count). The Hall–Kier alpha value is -3.94. The third-order valence-electron chi connectivity index (χ3n) is 7.15. The van der Waals surface area contributed by atoms with E-state index in [0.29, 0.717) is 16.8 Å². The molecule has 2 unspecified atom stereocenters. The molecule has 1 amide bonds. The van der Waals surface area contributed by atoms with Gasteiger partial charge in [0.2, 0.25) is 5.91 Å². The third kappa shape index (κ3) is 3.21. The van der Waals surface area contributed by atoms with E-state index in [1.54, 1.807) is 11.0 Å². The lowest BCUT2D eigenvalue weighted by Crippen LogP contribution is -2.56. The number of imidazole rings is 1. The van der Waals surface area contributed by atoms with Crippen LogP contribution in [0.5, 0.6) is 0 Å². The number of hydrogen-bond donors (Lipinski definition) is 0. The lowest BCUT2D eigenvalue weighted by Gasteiger charge is -2.44. The molecule has 37 heavy (non-hydrogen) atoms. The summed E-state index contributed by atoms with van der Waals surface area (Å²) in [5.41, 5.74) is 5.84. The number of amides is 1. The summed E-state index contributed by atoms with van der Waals surface area (Å²) in [5.74, 6) is -0.165. The first-order valence-electron chi connectivity index (χ1n) is 11.9. The van der Waals surface area contributed by atoms with Crippen molar-refractivity contribution in [1.29, 1.82) is 0 Å². The second kappa shape index (κ2) is 8.03. The number of β-lactam (4-membered cyclic amide) rings is 1. The molecular weight excluding hydrogens is 506 g/mol. The highest BCUT2D eigenvalue weighted by Crippen LogP contribution is 2.49. The van der Waals surface area contributed by atoms with E-state index in [4.69, 9.17) is 21.0 Å². The van der Waals surface area contributed by atoms with Gasteiger partial charge in [-0.1, -0.05) is 47.7 Å². The normalized spacial score (nSPS) is 17.7. The van der Waals surface area contributed by atoms with Crippen LogP contribution in [0.2, 0.25) is 0 Å². The van der Waals surface area contributed by atoms with Gasteiger partial charge in [-0.2, -0.15) is 0 Å². The van der Waals surface area contributed by atoms with Crippen LogP contribution >= 0.6 is 22.9 Å². The summed E-state index contributed by atoms with van der Waals surface area (Å²) in [6.07, 6.45) is 0. The van der Waals surface area contributed by atoms with Crippen molar-refractivity contribution in [2.24, 2.45) is 0 Å². The molecule has 1 saturated heterocycles. The molecule has 8 heteroatoms. The number of carbonyl (C=O) groups excluding carboxylic acids is 1. The number of hydrogen-bond acceptors (Lipinski definition) is 5. The zero-order chi connectivity index (χ0) is 25.4. The lowest BCUT2D eigenvalue weighted by atomic mass is 9.94. The molecule has 4 heterocycles. The Morgan fingerprint density at radius 2 is 1.73 bits per heavy atom. The number of thiazole rings is 1. The van der Waals surface area contributed by atoms with Crippen molar-refractivity contribution in [3.63, 3.8) is 0 Å². The highest BCUT2D eigenvalue weighted by molar-refractivity contribution is 7.17. The van der Waals surface area contributed by atoms with Crippen LogP contribution in [0.1, 0.15) is 22.0 Å². The number of rotatable bonds is 3. The number of para-hydroxylation sites is 3. The van der Waals surface area contributed by atoms with E-state index in [-0.39, 0.29) is 5.91 Å². The van der Waals surface area contributed by atoms with Gasteiger partial charge in [0.25, 0.3) is 0 Å². The maximum Gasteiger partial charge on any atom is 0.345 e. The fraction of sp³-hybridized carbons (Fsp3) is 0.138. The van der Waals surface area contributed by atoms with Crippen molar-refractivity contribution in [2.75, 3.05) is 4.90 Å². The first-order valence-corrected chi connectivity index (χ1v) is 13.2. The summed E-state index contributed by atoms with van der Waals surface area (Å²) in [6, 6.07) is 22.6. The van der Waals surface area contributed by atoms with Gasteiger partial charge in [0, 0.05) is 11.1 Å². The number of anilines is 1. The molecule has 0 saturated carbocycles. The Morgan fingerprint density at radius 1 is 0.946 bits per heavy atom.